The minimum Gasteiger partial charge on any atom is -0.457 e. The summed E-state index contributed by atoms with van der Waals surface area (Å²) in [5.41, 5.74) is 1.80. The summed E-state index contributed by atoms with van der Waals surface area (Å²) in [6, 6.07) is 12.5. The van der Waals surface area contributed by atoms with Gasteiger partial charge < -0.3 is 10.1 Å². The summed E-state index contributed by atoms with van der Waals surface area (Å²) in [6.45, 7) is 2.46. The number of nitrogens with zero attached hydrogens (tertiary/aromatic N) is 1. The van der Waals surface area contributed by atoms with E-state index in [0.717, 1.165) is 12.1 Å². The summed E-state index contributed by atoms with van der Waals surface area (Å²) in [4.78, 5) is 10.4. The van der Waals surface area contributed by atoms with Crippen LogP contribution in [0.3, 0.4) is 0 Å². The van der Waals surface area contributed by atoms with Gasteiger partial charge in [0, 0.05) is 18.2 Å². The van der Waals surface area contributed by atoms with Gasteiger partial charge in [-0.3, -0.25) is 10.1 Å². The van der Waals surface area contributed by atoms with Gasteiger partial charge in [0.1, 0.15) is 11.5 Å². The lowest BCUT2D eigenvalue weighted by Gasteiger charge is -2.08. The molecule has 0 amide bonds. The summed E-state index contributed by atoms with van der Waals surface area (Å²) >= 11 is 0. The zero-order valence-corrected chi connectivity index (χ0v) is 11.4. The number of nitro groups is 1. The third-order valence-corrected chi connectivity index (χ3v) is 2.88. The number of nitro benzene ring substituents is 1. The molecule has 1 N–H and O–H groups in total. The Balaban J connectivity index is 2.19. The van der Waals surface area contributed by atoms with Crippen LogP contribution in [0, 0.1) is 17.0 Å². The van der Waals surface area contributed by atoms with E-state index >= 15 is 0 Å². The van der Waals surface area contributed by atoms with Crippen LogP contribution in [-0.4, -0.2) is 12.0 Å². The molecule has 0 radical (unpaired) electrons. The molecule has 0 bridgehead atoms. The second-order valence-corrected chi connectivity index (χ2v) is 4.49. The third-order valence-electron chi connectivity index (χ3n) is 2.88. The fourth-order valence-corrected chi connectivity index (χ4v) is 1.96. The van der Waals surface area contributed by atoms with Crippen LogP contribution in [0.5, 0.6) is 11.5 Å². The van der Waals surface area contributed by atoms with Crippen LogP contribution in [0.4, 0.5) is 5.69 Å². The predicted molar refractivity (Wildman–Crippen MR) is 77.1 cm³/mol. The highest BCUT2D eigenvalue weighted by molar-refractivity contribution is 5.45. The summed E-state index contributed by atoms with van der Waals surface area (Å²) in [5, 5.41) is 13.8. The van der Waals surface area contributed by atoms with E-state index in [1.807, 2.05) is 31.3 Å². The average molecular weight is 272 g/mol. The molecular formula is C15H16N2O3. The maximum absolute atomic E-state index is 10.8. The van der Waals surface area contributed by atoms with Crippen molar-refractivity contribution in [3.05, 3.63) is 63.7 Å². The van der Waals surface area contributed by atoms with Crippen molar-refractivity contribution in [2.75, 3.05) is 7.05 Å². The SMILES string of the molecule is CNCc1cccc(Oc2ccc([N+](=O)[O-])c(C)c2)c1. The molecule has 0 aliphatic carbocycles. The predicted octanol–water partition coefficient (Wildman–Crippen LogP) is 3.41. The molecule has 0 aromatic heterocycles. The Labute approximate surface area is 117 Å². The zero-order valence-electron chi connectivity index (χ0n) is 11.4. The van der Waals surface area contributed by atoms with Crippen LogP contribution in [-0.2, 0) is 6.54 Å². The minimum absolute atomic E-state index is 0.0984. The Morgan fingerprint density at radius 3 is 2.60 bits per heavy atom. The third kappa shape index (κ3) is 3.33. The average Bonchev–Trinajstić information content (AvgIpc) is 2.39. The minimum atomic E-state index is -0.396. The van der Waals surface area contributed by atoms with E-state index in [9.17, 15) is 10.1 Å². The first-order valence-electron chi connectivity index (χ1n) is 6.26. The lowest BCUT2D eigenvalue weighted by molar-refractivity contribution is -0.385. The van der Waals surface area contributed by atoms with Crippen molar-refractivity contribution in [3.8, 4) is 11.5 Å². The molecule has 0 unspecified atom stereocenters. The summed E-state index contributed by atoms with van der Waals surface area (Å²) < 4.78 is 5.73. The molecule has 2 aromatic carbocycles. The molecule has 2 aromatic rings. The molecular weight excluding hydrogens is 256 g/mol. The van der Waals surface area contributed by atoms with Crippen molar-refractivity contribution in [1.29, 1.82) is 0 Å². The Kier molecular flexibility index (Phi) is 4.32. The molecule has 0 spiro atoms. The highest BCUT2D eigenvalue weighted by Crippen LogP contribution is 2.27. The highest BCUT2D eigenvalue weighted by Gasteiger charge is 2.11. The van der Waals surface area contributed by atoms with E-state index in [4.69, 9.17) is 4.74 Å². The van der Waals surface area contributed by atoms with E-state index in [2.05, 4.69) is 5.32 Å². The van der Waals surface area contributed by atoms with Crippen molar-refractivity contribution >= 4 is 5.69 Å². The largest absolute Gasteiger partial charge is 0.457 e. The van der Waals surface area contributed by atoms with Crippen molar-refractivity contribution < 1.29 is 9.66 Å². The highest BCUT2D eigenvalue weighted by atomic mass is 16.6. The van der Waals surface area contributed by atoms with E-state index in [1.54, 1.807) is 19.1 Å². The van der Waals surface area contributed by atoms with Crippen molar-refractivity contribution in [2.45, 2.75) is 13.5 Å². The number of aryl methyl sites for hydroxylation is 1. The summed E-state index contributed by atoms with van der Waals surface area (Å²) in [5.74, 6) is 1.31. The molecule has 0 saturated carbocycles. The Morgan fingerprint density at radius 2 is 1.95 bits per heavy atom. The Morgan fingerprint density at radius 1 is 1.20 bits per heavy atom. The lowest BCUT2D eigenvalue weighted by atomic mass is 10.2. The molecule has 20 heavy (non-hydrogen) atoms. The van der Waals surface area contributed by atoms with E-state index in [-0.39, 0.29) is 5.69 Å². The molecule has 0 aliphatic rings. The molecule has 0 atom stereocenters. The number of benzene rings is 2. The van der Waals surface area contributed by atoms with Gasteiger partial charge in [-0.2, -0.15) is 0 Å². The second-order valence-electron chi connectivity index (χ2n) is 4.49. The van der Waals surface area contributed by atoms with E-state index in [0.29, 0.717) is 17.1 Å². The van der Waals surface area contributed by atoms with Crippen LogP contribution < -0.4 is 10.1 Å². The number of hydrogen-bond donors (Lipinski definition) is 1. The van der Waals surface area contributed by atoms with Gasteiger partial charge in [0.2, 0.25) is 0 Å². The monoisotopic (exact) mass is 272 g/mol. The lowest BCUT2D eigenvalue weighted by Crippen LogP contribution is -2.04. The van der Waals surface area contributed by atoms with Gasteiger partial charge in [0.15, 0.2) is 0 Å². The zero-order chi connectivity index (χ0) is 14.5. The van der Waals surface area contributed by atoms with Crippen molar-refractivity contribution in [2.24, 2.45) is 0 Å². The maximum Gasteiger partial charge on any atom is 0.272 e. The molecule has 0 saturated heterocycles. The standard InChI is InChI=1S/C15H16N2O3/c1-11-8-14(6-7-15(11)17(18)19)20-13-5-3-4-12(9-13)10-16-2/h3-9,16H,10H2,1-2H3. The molecule has 0 heterocycles. The number of nitrogens with one attached hydrogen (secondary N) is 1. The van der Waals surface area contributed by atoms with E-state index in [1.165, 1.54) is 6.07 Å². The van der Waals surface area contributed by atoms with Gasteiger partial charge >= 0.3 is 0 Å². The molecule has 5 nitrogen and oxygen atoms in total. The Bertz CT molecular complexity index is 626. The van der Waals surface area contributed by atoms with Crippen LogP contribution in [0.15, 0.2) is 42.5 Å². The number of ether oxygens (including phenoxy) is 1. The van der Waals surface area contributed by atoms with Gasteiger partial charge in [-0.1, -0.05) is 12.1 Å². The van der Waals surface area contributed by atoms with Crippen LogP contribution in [0.2, 0.25) is 0 Å². The van der Waals surface area contributed by atoms with Gasteiger partial charge in [-0.15, -0.1) is 0 Å². The normalized spacial score (nSPS) is 10.3. The summed E-state index contributed by atoms with van der Waals surface area (Å²) in [6.07, 6.45) is 0. The van der Waals surface area contributed by atoms with Gasteiger partial charge in [0.05, 0.1) is 4.92 Å². The van der Waals surface area contributed by atoms with Gasteiger partial charge in [-0.25, -0.2) is 0 Å². The van der Waals surface area contributed by atoms with E-state index < -0.39 is 4.92 Å². The molecule has 2 rings (SSSR count). The quantitative estimate of drug-likeness (QED) is 0.669. The van der Waals surface area contributed by atoms with Crippen LogP contribution in [0.25, 0.3) is 0 Å². The first kappa shape index (κ1) is 14.0. The Hall–Kier alpha value is -2.40. The number of hydrogen-bond acceptors (Lipinski definition) is 4. The van der Waals surface area contributed by atoms with Crippen LogP contribution in [0.1, 0.15) is 11.1 Å². The summed E-state index contributed by atoms with van der Waals surface area (Å²) in [7, 11) is 1.88. The van der Waals surface area contributed by atoms with Crippen molar-refractivity contribution in [3.63, 3.8) is 0 Å². The smallest absolute Gasteiger partial charge is 0.272 e. The second kappa shape index (κ2) is 6.16. The maximum atomic E-state index is 10.8. The fraction of sp³-hybridized carbons (Fsp3) is 0.200. The van der Waals surface area contributed by atoms with Gasteiger partial charge in [0.25, 0.3) is 5.69 Å². The van der Waals surface area contributed by atoms with Crippen molar-refractivity contribution in [1.82, 2.24) is 5.32 Å². The fourth-order valence-electron chi connectivity index (χ4n) is 1.96. The molecule has 0 fully saturated rings. The van der Waals surface area contributed by atoms with Crippen LogP contribution >= 0.6 is 0 Å². The number of rotatable bonds is 5. The first-order chi connectivity index (χ1) is 9.60. The molecule has 0 aliphatic heterocycles. The molecule has 5 heteroatoms. The van der Waals surface area contributed by atoms with Gasteiger partial charge in [-0.05, 0) is 43.8 Å². The topological polar surface area (TPSA) is 64.4 Å². The molecule has 104 valence electrons. The first-order valence-corrected chi connectivity index (χ1v) is 6.26.